The number of anilines is 1. The number of hydrogen-bond donors (Lipinski definition) is 2. The molecule has 1 aromatic heterocycles. The molecule has 0 fully saturated rings. The largest absolute Gasteiger partial charge is 0.368 e. The molecule has 3 nitrogen and oxygen atoms in total. The second-order valence-corrected chi connectivity index (χ2v) is 5.06. The highest BCUT2D eigenvalue weighted by Gasteiger charge is 2.24. The van der Waals surface area contributed by atoms with Gasteiger partial charge in [0.25, 0.3) is 0 Å². The van der Waals surface area contributed by atoms with Crippen LogP contribution < -0.4 is 5.32 Å². The molecule has 0 saturated heterocycles. The Morgan fingerprint density at radius 2 is 2.00 bits per heavy atom. The fraction of sp³-hybridized carbons (Fsp3) is 0.727. The first-order valence-electron chi connectivity index (χ1n) is 5.40. The predicted octanol–water partition coefficient (Wildman–Crippen LogP) is 2.46. The van der Waals surface area contributed by atoms with Crippen molar-refractivity contribution in [3.05, 3.63) is 11.3 Å². The lowest BCUT2D eigenvalue weighted by atomic mass is 9.88. The molecule has 0 saturated carbocycles. The predicted molar refractivity (Wildman–Crippen MR) is 58.7 cm³/mol. The van der Waals surface area contributed by atoms with Gasteiger partial charge in [-0.05, 0) is 19.3 Å². The fourth-order valence-electron chi connectivity index (χ4n) is 2.01. The summed E-state index contributed by atoms with van der Waals surface area (Å²) in [5, 5.41) is 10.9. The van der Waals surface area contributed by atoms with Crippen molar-refractivity contribution in [2.24, 2.45) is 0 Å². The minimum atomic E-state index is 0.173. The Morgan fingerprint density at radius 3 is 2.71 bits per heavy atom. The van der Waals surface area contributed by atoms with Crippen LogP contribution in [0.3, 0.4) is 0 Å². The molecule has 2 N–H and O–H groups in total. The quantitative estimate of drug-likeness (QED) is 0.664. The van der Waals surface area contributed by atoms with Crippen LogP contribution in [0.5, 0.6) is 0 Å². The lowest BCUT2D eigenvalue weighted by Gasteiger charge is -2.18. The Kier molecular flexibility index (Phi) is 2.25. The first-order chi connectivity index (χ1) is 6.59. The second kappa shape index (κ2) is 3.30. The van der Waals surface area contributed by atoms with Gasteiger partial charge >= 0.3 is 0 Å². The molecule has 0 bridgehead atoms. The maximum atomic E-state index is 4.35. The molecule has 14 heavy (non-hydrogen) atoms. The van der Waals surface area contributed by atoms with E-state index >= 15 is 0 Å². The Bertz CT molecular complexity index is 320. The van der Waals surface area contributed by atoms with Crippen molar-refractivity contribution >= 4 is 5.82 Å². The SMILES string of the molecule is CC(C)(C)c1[nH]nc2c1CCCCN2. The van der Waals surface area contributed by atoms with Crippen LogP contribution in [0, 0.1) is 0 Å². The third-order valence-corrected chi connectivity index (χ3v) is 2.76. The molecule has 2 heterocycles. The minimum Gasteiger partial charge on any atom is -0.368 e. The monoisotopic (exact) mass is 193 g/mol. The number of fused-ring (bicyclic) bond motifs is 1. The van der Waals surface area contributed by atoms with E-state index < -0.39 is 0 Å². The Hall–Kier alpha value is -0.990. The van der Waals surface area contributed by atoms with Crippen LogP contribution in [-0.2, 0) is 11.8 Å². The average Bonchev–Trinajstić information content (AvgIpc) is 2.36. The Labute approximate surface area is 85.3 Å². The number of aromatic nitrogens is 2. The number of hydrogen-bond acceptors (Lipinski definition) is 2. The van der Waals surface area contributed by atoms with Crippen molar-refractivity contribution in [1.29, 1.82) is 0 Å². The molecule has 78 valence electrons. The van der Waals surface area contributed by atoms with E-state index in [1.807, 2.05) is 0 Å². The summed E-state index contributed by atoms with van der Waals surface area (Å²) >= 11 is 0. The van der Waals surface area contributed by atoms with Crippen molar-refractivity contribution in [3.8, 4) is 0 Å². The normalized spacial score (nSPS) is 17.1. The van der Waals surface area contributed by atoms with Gasteiger partial charge in [-0.15, -0.1) is 0 Å². The van der Waals surface area contributed by atoms with Crippen molar-refractivity contribution in [2.45, 2.75) is 45.4 Å². The van der Waals surface area contributed by atoms with Crippen LogP contribution in [-0.4, -0.2) is 16.7 Å². The van der Waals surface area contributed by atoms with Crippen LogP contribution in [0.15, 0.2) is 0 Å². The first kappa shape index (κ1) is 9.56. The van der Waals surface area contributed by atoms with E-state index in [2.05, 4.69) is 36.3 Å². The van der Waals surface area contributed by atoms with E-state index in [1.165, 1.54) is 24.1 Å². The fourth-order valence-corrected chi connectivity index (χ4v) is 2.01. The number of nitrogens with one attached hydrogen (secondary N) is 2. The van der Waals surface area contributed by atoms with Gasteiger partial charge in [0, 0.05) is 23.2 Å². The molecule has 0 aromatic carbocycles. The minimum absolute atomic E-state index is 0.173. The second-order valence-electron chi connectivity index (χ2n) is 5.06. The molecule has 0 aliphatic carbocycles. The average molecular weight is 193 g/mol. The third kappa shape index (κ3) is 1.63. The molecule has 3 heteroatoms. The van der Waals surface area contributed by atoms with Gasteiger partial charge in [0.1, 0.15) is 0 Å². The zero-order valence-electron chi connectivity index (χ0n) is 9.28. The Balaban J connectivity index is 2.39. The summed E-state index contributed by atoms with van der Waals surface area (Å²) in [5.74, 6) is 1.08. The molecular formula is C11H19N3. The highest BCUT2D eigenvalue weighted by atomic mass is 15.2. The molecule has 0 unspecified atom stereocenters. The highest BCUT2D eigenvalue weighted by molar-refractivity contribution is 5.49. The van der Waals surface area contributed by atoms with E-state index in [9.17, 15) is 0 Å². The highest BCUT2D eigenvalue weighted by Crippen LogP contribution is 2.30. The smallest absolute Gasteiger partial charge is 0.151 e. The molecule has 0 amide bonds. The summed E-state index contributed by atoms with van der Waals surface area (Å²) in [6, 6.07) is 0. The number of rotatable bonds is 0. The molecule has 0 radical (unpaired) electrons. The summed E-state index contributed by atoms with van der Waals surface area (Å²) in [4.78, 5) is 0. The standard InChI is InChI=1S/C11H19N3/c1-11(2,3)9-8-6-4-5-7-12-10(8)14-13-9/h4-7H2,1-3H3,(H2,12,13,14). The molecular weight excluding hydrogens is 174 g/mol. The first-order valence-corrected chi connectivity index (χ1v) is 5.40. The van der Waals surface area contributed by atoms with Gasteiger partial charge in [0.05, 0.1) is 0 Å². The van der Waals surface area contributed by atoms with E-state index in [4.69, 9.17) is 0 Å². The van der Waals surface area contributed by atoms with Gasteiger partial charge in [0.15, 0.2) is 5.82 Å². The van der Waals surface area contributed by atoms with Gasteiger partial charge in [-0.1, -0.05) is 20.8 Å². The Morgan fingerprint density at radius 1 is 1.21 bits per heavy atom. The molecule has 1 aromatic rings. The summed E-state index contributed by atoms with van der Waals surface area (Å²) in [7, 11) is 0. The number of aromatic amines is 1. The van der Waals surface area contributed by atoms with E-state index in [0.29, 0.717) is 0 Å². The van der Waals surface area contributed by atoms with Gasteiger partial charge < -0.3 is 5.32 Å². The van der Waals surface area contributed by atoms with Gasteiger partial charge in [-0.25, -0.2) is 0 Å². The van der Waals surface area contributed by atoms with Crippen LogP contribution in [0.25, 0.3) is 0 Å². The van der Waals surface area contributed by atoms with Crippen LogP contribution in [0.4, 0.5) is 5.82 Å². The number of nitrogens with zero attached hydrogens (tertiary/aromatic N) is 1. The van der Waals surface area contributed by atoms with Crippen molar-refractivity contribution in [1.82, 2.24) is 10.2 Å². The van der Waals surface area contributed by atoms with Gasteiger partial charge in [-0.2, -0.15) is 5.10 Å². The lowest BCUT2D eigenvalue weighted by Crippen LogP contribution is -2.14. The maximum Gasteiger partial charge on any atom is 0.151 e. The molecule has 2 rings (SSSR count). The van der Waals surface area contributed by atoms with Crippen molar-refractivity contribution in [2.75, 3.05) is 11.9 Å². The van der Waals surface area contributed by atoms with Crippen LogP contribution in [0.1, 0.15) is 44.9 Å². The zero-order valence-corrected chi connectivity index (χ0v) is 9.28. The summed E-state index contributed by atoms with van der Waals surface area (Å²) in [5.41, 5.74) is 2.86. The third-order valence-electron chi connectivity index (χ3n) is 2.76. The molecule has 0 spiro atoms. The van der Waals surface area contributed by atoms with Crippen molar-refractivity contribution < 1.29 is 0 Å². The van der Waals surface area contributed by atoms with E-state index in [1.54, 1.807) is 0 Å². The lowest BCUT2D eigenvalue weighted by molar-refractivity contribution is 0.558. The van der Waals surface area contributed by atoms with E-state index in [-0.39, 0.29) is 5.41 Å². The van der Waals surface area contributed by atoms with Crippen molar-refractivity contribution in [3.63, 3.8) is 0 Å². The summed E-state index contributed by atoms with van der Waals surface area (Å²) in [6.45, 7) is 7.74. The molecule has 1 aliphatic rings. The maximum absolute atomic E-state index is 4.35. The van der Waals surface area contributed by atoms with Crippen LogP contribution >= 0.6 is 0 Å². The molecule has 0 atom stereocenters. The number of H-pyrrole nitrogens is 1. The zero-order chi connectivity index (χ0) is 10.2. The summed E-state index contributed by atoms with van der Waals surface area (Å²) in [6.07, 6.45) is 3.67. The van der Waals surface area contributed by atoms with Gasteiger partial charge in [-0.3, -0.25) is 5.10 Å². The van der Waals surface area contributed by atoms with Crippen LogP contribution in [0.2, 0.25) is 0 Å². The van der Waals surface area contributed by atoms with Gasteiger partial charge in [0.2, 0.25) is 0 Å². The topological polar surface area (TPSA) is 40.7 Å². The summed E-state index contributed by atoms with van der Waals surface area (Å²) < 4.78 is 0. The molecule has 1 aliphatic heterocycles. The van der Waals surface area contributed by atoms with E-state index in [0.717, 1.165) is 18.8 Å².